The molecule has 9 nitrogen and oxygen atoms in total. The summed E-state index contributed by atoms with van der Waals surface area (Å²) in [6, 6.07) is -1.41. The predicted octanol–water partition coefficient (Wildman–Crippen LogP) is 6.08. The third-order valence-corrected chi connectivity index (χ3v) is 9.76. The molecule has 0 saturated heterocycles. The fourth-order valence-corrected chi connectivity index (χ4v) is 7.27. The van der Waals surface area contributed by atoms with Gasteiger partial charge in [0.25, 0.3) is 17.7 Å². The third-order valence-electron chi connectivity index (χ3n) is 6.78. The van der Waals surface area contributed by atoms with Crippen LogP contribution < -0.4 is 5.32 Å². The lowest BCUT2D eigenvalue weighted by Gasteiger charge is -2.27. The number of carbonyl (C=O) groups excluding carboxylic acids is 5. The first-order valence-corrected chi connectivity index (χ1v) is 14.6. The van der Waals surface area contributed by atoms with Crippen molar-refractivity contribution in [2.45, 2.75) is 46.1 Å². The van der Waals surface area contributed by atoms with Gasteiger partial charge < -0.3 is 14.8 Å². The van der Waals surface area contributed by atoms with Crippen molar-refractivity contribution in [3.8, 4) is 0 Å². The van der Waals surface area contributed by atoms with Gasteiger partial charge in [0.05, 0.1) is 43.9 Å². The summed E-state index contributed by atoms with van der Waals surface area (Å²) in [5, 5.41) is 2.01. The van der Waals surface area contributed by atoms with E-state index in [-0.39, 0.29) is 31.2 Å². The number of nitrogens with one attached hydrogen (secondary N) is 1. The normalized spacial score (nSPS) is 17.0. The lowest BCUT2D eigenvalue weighted by molar-refractivity contribution is -0.152. The average molecular weight is 650 g/mol. The number of nitrogens with zero attached hydrogens (tertiary/aromatic N) is 1. The zero-order valence-electron chi connectivity index (χ0n) is 21.8. The Labute approximate surface area is 254 Å². The van der Waals surface area contributed by atoms with E-state index in [4.69, 9.17) is 55.9 Å². The topological polar surface area (TPSA) is 119 Å². The van der Waals surface area contributed by atoms with Crippen molar-refractivity contribution in [3.05, 3.63) is 47.2 Å². The Bertz CT molecular complexity index is 1410. The first-order chi connectivity index (χ1) is 18.8. The molecule has 0 spiro atoms. The Morgan fingerprint density at radius 2 is 1.60 bits per heavy atom. The van der Waals surface area contributed by atoms with Gasteiger partial charge in [-0.2, -0.15) is 0 Å². The second-order valence-electron chi connectivity index (χ2n) is 9.88. The van der Waals surface area contributed by atoms with E-state index in [1.165, 1.54) is 18.4 Å². The Morgan fingerprint density at radius 3 is 2.12 bits per heavy atom. The standard InChI is InChI=1S/C26H24Cl4N2O7S/c1-9(2)21(32-23(34)15-16(24(32)35)18(28)20(30)19(29)17(15)27)26(37)39-8-13(33)31-22-14(25(36)38-4)11-6-5-10(3)7-12(11)40-22/h9-10,21H,5-8H2,1-4H3,(H,31,33)/t10-,21+/m1/s1. The van der Waals surface area contributed by atoms with E-state index in [9.17, 15) is 24.0 Å². The minimum atomic E-state index is -1.41. The largest absolute Gasteiger partial charge is 0.465 e. The van der Waals surface area contributed by atoms with Crippen molar-refractivity contribution in [2.75, 3.05) is 19.0 Å². The number of amides is 3. The van der Waals surface area contributed by atoms with E-state index in [1.54, 1.807) is 13.8 Å². The quantitative estimate of drug-likeness (QED) is 0.167. The van der Waals surface area contributed by atoms with Gasteiger partial charge >= 0.3 is 11.9 Å². The minimum Gasteiger partial charge on any atom is -0.465 e. The van der Waals surface area contributed by atoms with Crippen LogP contribution in [0.1, 0.15) is 68.7 Å². The van der Waals surface area contributed by atoms with Gasteiger partial charge in [-0.1, -0.05) is 67.2 Å². The van der Waals surface area contributed by atoms with Gasteiger partial charge in [-0.3, -0.25) is 19.3 Å². The number of imide groups is 1. The fraction of sp³-hybridized carbons (Fsp3) is 0.423. The van der Waals surface area contributed by atoms with Gasteiger partial charge in [0, 0.05) is 4.88 Å². The number of rotatable bonds is 7. The Morgan fingerprint density at radius 1 is 1.02 bits per heavy atom. The number of methoxy groups -OCH3 is 1. The summed E-state index contributed by atoms with van der Waals surface area (Å²) < 4.78 is 10.2. The van der Waals surface area contributed by atoms with E-state index >= 15 is 0 Å². The van der Waals surface area contributed by atoms with Gasteiger partial charge in [0.1, 0.15) is 11.0 Å². The molecule has 1 aliphatic carbocycles. The van der Waals surface area contributed by atoms with E-state index in [0.717, 1.165) is 23.3 Å². The molecule has 40 heavy (non-hydrogen) atoms. The number of hydrogen-bond donors (Lipinski definition) is 1. The molecule has 1 N–H and O–H groups in total. The number of hydrogen-bond acceptors (Lipinski definition) is 8. The number of ether oxygens (including phenoxy) is 2. The molecule has 0 fully saturated rings. The number of anilines is 1. The van der Waals surface area contributed by atoms with E-state index in [1.807, 2.05) is 0 Å². The van der Waals surface area contributed by atoms with Crippen LogP contribution in [0.25, 0.3) is 0 Å². The molecule has 0 radical (unpaired) electrons. The van der Waals surface area contributed by atoms with Crippen LogP contribution in [0.2, 0.25) is 20.1 Å². The van der Waals surface area contributed by atoms with Gasteiger partial charge in [-0.15, -0.1) is 11.3 Å². The molecule has 0 saturated carbocycles. The highest BCUT2D eigenvalue weighted by Gasteiger charge is 2.48. The highest BCUT2D eigenvalue weighted by molar-refractivity contribution is 7.17. The molecule has 2 heterocycles. The fourth-order valence-electron chi connectivity index (χ4n) is 4.84. The van der Waals surface area contributed by atoms with Crippen molar-refractivity contribution >= 4 is 92.4 Å². The van der Waals surface area contributed by atoms with Crippen LogP contribution in [-0.4, -0.2) is 54.3 Å². The highest BCUT2D eigenvalue weighted by Crippen LogP contribution is 2.45. The van der Waals surface area contributed by atoms with Crippen LogP contribution >= 0.6 is 57.7 Å². The Hall–Kier alpha value is -2.37. The molecule has 1 aliphatic heterocycles. The van der Waals surface area contributed by atoms with Crippen LogP contribution in [0.4, 0.5) is 5.00 Å². The maximum absolute atomic E-state index is 13.3. The molecule has 2 aromatic rings. The van der Waals surface area contributed by atoms with Gasteiger partial charge in [0.15, 0.2) is 6.61 Å². The van der Waals surface area contributed by atoms with Crippen molar-refractivity contribution in [2.24, 2.45) is 11.8 Å². The Kier molecular flexibility index (Phi) is 9.06. The SMILES string of the molecule is COC(=O)c1c(NC(=O)COC(=O)[C@H](C(C)C)N2C(=O)c3c(Cl)c(Cl)c(Cl)c(Cl)c3C2=O)sc2c1CC[C@@H](C)C2. The van der Waals surface area contributed by atoms with Crippen LogP contribution in [-0.2, 0) is 31.9 Å². The predicted molar refractivity (Wildman–Crippen MR) is 152 cm³/mol. The second-order valence-corrected chi connectivity index (χ2v) is 12.5. The molecular formula is C26H24Cl4N2O7S. The summed E-state index contributed by atoms with van der Waals surface area (Å²) in [7, 11) is 1.26. The van der Waals surface area contributed by atoms with Crippen LogP contribution in [0, 0.1) is 11.8 Å². The molecule has 2 atom stereocenters. The lowest BCUT2D eigenvalue weighted by Crippen LogP contribution is -2.49. The van der Waals surface area contributed by atoms with Crippen molar-refractivity contribution in [1.82, 2.24) is 4.90 Å². The molecule has 214 valence electrons. The van der Waals surface area contributed by atoms with Gasteiger partial charge in [-0.25, -0.2) is 9.59 Å². The van der Waals surface area contributed by atoms with Crippen molar-refractivity contribution < 1.29 is 33.4 Å². The summed E-state index contributed by atoms with van der Waals surface area (Å²) in [5.41, 5.74) is 0.610. The number of carbonyl (C=O) groups is 5. The lowest BCUT2D eigenvalue weighted by atomic mass is 9.88. The molecule has 1 aromatic carbocycles. The summed E-state index contributed by atoms with van der Waals surface area (Å²) in [4.78, 5) is 66.6. The second kappa shape index (κ2) is 11.9. The summed E-state index contributed by atoms with van der Waals surface area (Å²) in [5.74, 6) is -4.25. The number of esters is 2. The minimum absolute atomic E-state index is 0.202. The number of benzene rings is 1. The zero-order valence-corrected chi connectivity index (χ0v) is 25.6. The molecule has 1 aromatic heterocycles. The first kappa shape index (κ1) is 30.6. The van der Waals surface area contributed by atoms with Gasteiger partial charge in [0.2, 0.25) is 0 Å². The van der Waals surface area contributed by atoms with Crippen molar-refractivity contribution in [1.29, 1.82) is 0 Å². The first-order valence-electron chi connectivity index (χ1n) is 12.2. The maximum atomic E-state index is 13.3. The zero-order chi connectivity index (χ0) is 29.6. The molecule has 2 aliphatic rings. The monoisotopic (exact) mass is 648 g/mol. The Balaban J connectivity index is 1.52. The number of fused-ring (bicyclic) bond motifs is 2. The molecule has 0 unspecified atom stereocenters. The van der Waals surface area contributed by atoms with E-state index in [2.05, 4.69) is 12.2 Å². The molecule has 3 amide bonds. The van der Waals surface area contributed by atoms with Crippen LogP contribution in [0.15, 0.2) is 0 Å². The van der Waals surface area contributed by atoms with E-state index in [0.29, 0.717) is 27.8 Å². The number of thiophene rings is 1. The van der Waals surface area contributed by atoms with Gasteiger partial charge in [-0.05, 0) is 36.7 Å². The molecular weight excluding hydrogens is 626 g/mol. The number of halogens is 4. The van der Waals surface area contributed by atoms with E-state index < -0.39 is 48.2 Å². The maximum Gasteiger partial charge on any atom is 0.341 e. The third kappa shape index (κ3) is 5.32. The highest BCUT2D eigenvalue weighted by atomic mass is 35.5. The average Bonchev–Trinajstić information content (AvgIpc) is 3.38. The van der Waals surface area contributed by atoms with Crippen molar-refractivity contribution in [3.63, 3.8) is 0 Å². The summed E-state index contributed by atoms with van der Waals surface area (Å²) in [6.07, 6.45) is 2.36. The molecule has 4 rings (SSSR count). The van der Waals surface area contributed by atoms with Crippen LogP contribution in [0.3, 0.4) is 0 Å². The summed E-state index contributed by atoms with van der Waals surface area (Å²) in [6.45, 7) is 4.57. The molecule has 14 heteroatoms. The summed E-state index contributed by atoms with van der Waals surface area (Å²) >= 11 is 25.8. The van der Waals surface area contributed by atoms with Crippen LogP contribution in [0.5, 0.6) is 0 Å². The smallest absolute Gasteiger partial charge is 0.341 e. The molecule has 0 bridgehead atoms.